The van der Waals surface area contributed by atoms with Crippen molar-refractivity contribution in [1.29, 1.82) is 0 Å². The van der Waals surface area contributed by atoms with E-state index in [1.165, 1.54) is 44.5 Å². The number of nitrogens with zero attached hydrogens (tertiary/aromatic N) is 1. The molecule has 1 unspecified atom stereocenters. The van der Waals surface area contributed by atoms with Crippen LogP contribution >= 0.6 is 15.9 Å². The van der Waals surface area contributed by atoms with Crippen molar-refractivity contribution in [2.75, 3.05) is 19.6 Å². The van der Waals surface area contributed by atoms with Gasteiger partial charge in [-0.3, -0.25) is 0 Å². The number of hydrogen-bond donors (Lipinski definition) is 1. The first-order chi connectivity index (χ1) is 9.19. The topological polar surface area (TPSA) is 15.3 Å². The Balaban J connectivity index is 1.80. The summed E-state index contributed by atoms with van der Waals surface area (Å²) >= 11 is 3.49. The molecule has 0 saturated carbocycles. The van der Waals surface area contributed by atoms with E-state index in [1.807, 2.05) is 0 Å². The third kappa shape index (κ3) is 4.59. The maximum Gasteiger partial charge on any atom is 0.0294 e. The summed E-state index contributed by atoms with van der Waals surface area (Å²) in [6.45, 7) is 8.29. The van der Waals surface area contributed by atoms with Crippen molar-refractivity contribution in [3.63, 3.8) is 0 Å². The van der Waals surface area contributed by atoms with Gasteiger partial charge >= 0.3 is 0 Å². The zero-order chi connectivity index (χ0) is 13.7. The van der Waals surface area contributed by atoms with Gasteiger partial charge in [-0.15, -0.1) is 0 Å². The van der Waals surface area contributed by atoms with E-state index in [-0.39, 0.29) is 0 Å². The Kier molecular flexibility index (Phi) is 5.86. The summed E-state index contributed by atoms with van der Waals surface area (Å²) in [6, 6.07) is 9.76. The molecule has 3 heteroatoms. The lowest BCUT2D eigenvalue weighted by atomic mass is 10.0. The van der Waals surface area contributed by atoms with Crippen LogP contribution in [0.3, 0.4) is 0 Å². The van der Waals surface area contributed by atoms with E-state index in [1.54, 1.807) is 0 Å². The molecule has 0 aromatic heterocycles. The third-order valence-electron chi connectivity index (χ3n) is 3.98. The van der Waals surface area contributed by atoms with Gasteiger partial charge < -0.3 is 10.2 Å². The Morgan fingerprint density at radius 2 is 1.89 bits per heavy atom. The molecule has 0 bridgehead atoms. The Hall–Kier alpha value is -0.380. The average Bonchev–Trinajstić information content (AvgIpc) is 2.42. The van der Waals surface area contributed by atoms with Gasteiger partial charge in [0.05, 0.1) is 0 Å². The van der Waals surface area contributed by atoms with Crippen LogP contribution in [0.25, 0.3) is 0 Å². The number of rotatable bonds is 5. The van der Waals surface area contributed by atoms with E-state index in [4.69, 9.17) is 0 Å². The van der Waals surface area contributed by atoms with Crippen molar-refractivity contribution in [1.82, 2.24) is 10.2 Å². The van der Waals surface area contributed by atoms with E-state index in [9.17, 15) is 0 Å². The van der Waals surface area contributed by atoms with Crippen molar-refractivity contribution in [3.8, 4) is 0 Å². The minimum Gasteiger partial charge on any atom is -0.307 e. The van der Waals surface area contributed by atoms with Crippen LogP contribution in [0.5, 0.6) is 0 Å². The maximum atomic E-state index is 3.78. The average molecular weight is 325 g/mol. The lowest BCUT2D eigenvalue weighted by Gasteiger charge is -2.33. The van der Waals surface area contributed by atoms with Gasteiger partial charge in [-0.25, -0.2) is 0 Å². The Morgan fingerprint density at radius 1 is 1.26 bits per heavy atom. The standard InChI is InChI=1S/C16H25BrN2/c1-3-10-19-11-8-16(9-12-19)18-13(2)14-4-6-15(17)7-5-14/h4-7,13,16,18H,3,8-12H2,1-2H3. The van der Waals surface area contributed by atoms with Crippen molar-refractivity contribution < 1.29 is 0 Å². The highest BCUT2D eigenvalue weighted by Crippen LogP contribution is 2.19. The van der Waals surface area contributed by atoms with Gasteiger partial charge in [-0.05, 0) is 63.5 Å². The molecular weight excluding hydrogens is 300 g/mol. The summed E-state index contributed by atoms with van der Waals surface area (Å²) < 4.78 is 1.15. The zero-order valence-corrected chi connectivity index (χ0v) is 13.6. The van der Waals surface area contributed by atoms with Crippen LogP contribution in [0.15, 0.2) is 28.7 Å². The van der Waals surface area contributed by atoms with Crippen LogP contribution in [0.4, 0.5) is 0 Å². The summed E-state index contributed by atoms with van der Waals surface area (Å²) in [5, 5.41) is 3.78. The molecule has 0 amide bonds. The highest BCUT2D eigenvalue weighted by atomic mass is 79.9. The summed E-state index contributed by atoms with van der Waals surface area (Å²) in [7, 11) is 0. The molecule has 1 aliphatic rings. The normalized spacial score (nSPS) is 19.5. The summed E-state index contributed by atoms with van der Waals surface area (Å²) in [5.41, 5.74) is 1.37. The third-order valence-corrected chi connectivity index (χ3v) is 4.51. The maximum absolute atomic E-state index is 3.78. The predicted octanol–water partition coefficient (Wildman–Crippen LogP) is 3.97. The fourth-order valence-corrected chi connectivity index (χ4v) is 3.11. The van der Waals surface area contributed by atoms with Gasteiger partial charge in [-0.2, -0.15) is 0 Å². The van der Waals surface area contributed by atoms with Crippen molar-refractivity contribution in [3.05, 3.63) is 34.3 Å². The van der Waals surface area contributed by atoms with Crippen molar-refractivity contribution in [2.45, 2.75) is 45.2 Å². The Labute approximate surface area is 125 Å². The molecule has 106 valence electrons. The van der Waals surface area contributed by atoms with Crippen molar-refractivity contribution >= 4 is 15.9 Å². The fraction of sp³-hybridized carbons (Fsp3) is 0.625. The fourth-order valence-electron chi connectivity index (χ4n) is 2.84. The monoisotopic (exact) mass is 324 g/mol. The molecule has 2 rings (SSSR count). The number of likely N-dealkylation sites (tertiary alicyclic amines) is 1. The van der Waals surface area contributed by atoms with Crippen molar-refractivity contribution in [2.24, 2.45) is 0 Å². The second-order valence-corrected chi connectivity index (χ2v) is 6.47. The molecule has 0 aliphatic carbocycles. The number of hydrogen-bond acceptors (Lipinski definition) is 2. The number of nitrogens with one attached hydrogen (secondary N) is 1. The molecule has 1 heterocycles. The summed E-state index contributed by atoms with van der Waals surface area (Å²) in [4.78, 5) is 2.59. The number of benzene rings is 1. The second kappa shape index (κ2) is 7.41. The Morgan fingerprint density at radius 3 is 2.47 bits per heavy atom. The van der Waals surface area contributed by atoms with Gasteiger partial charge in [-0.1, -0.05) is 35.0 Å². The van der Waals surface area contributed by atoms with Gasteiger partial charge in [0.1, 0.15) is 0 Å². The molecule has 1 aromatic carbocycles. The van der Waals surface area contributed by atoms with E-state index >= 15 is 0 Å². The van der Waals surface area contributed by atoms with Crippen LogP contribution in [-0.2, 0) is 0 Å². The number of piperidine rings is 1. The van der Waals surface area contributed by atoms with E-state index in [0.717, 1.165) is 4.47 Å². The second-order valence-electron chi connectivity index (χ2n) is 5.56. The molecular formula is C16H25BrN2. The van der Waals surface area contributed by atoms with Crippen LogP contribution in [0.1, 0.15) is 44.7 Å². The molecule has 19 heavy (non-hydrogen) atoms. The molecule has 0 radical (unpaired) electrons. The van der Waals surface area contributed by atoms with Gasteiger partial charge in [0, 0.05) is 16.6 Å². The predicted molar refractivity (Wildman–Crippen MR) is 85.4 cm³/mol. The van der Waals surface area contributed by atoms with Gasteiger partial charge in [0.2, 0.25) is 0 Å². The lowest BCUT2D eigenvalue weighted by Crippen LogP contribution is -2.43. The largest absolute Gasteiger partial charge is 0.307 e. The zero-order valence-electron chi connectivity index (χ0n) is 12.0. The molecule has 0 spiro atoms. The van der Waals surface area contributed by atoms with E-state index in [0.29, 0.717) is 12.1 Å². The van der Waals surface area contributed by atoms with E-state index < -0.39 is 0 Å². The quantitative estimate of drug-likeness (QED) is 0.881. The molecule has 1 fully saturated rings. The van der Waals surface area contributed by atoms with Crippen LogP contribution in [0, 0.1) is 0 Å². The lowest BCUT2D eigenvalue weighted by molar-refractivity contribution is 0.192. The summed E-state index contributed by atoms with van der Waals surface area (Å²) in [5.74, 6) is 0. The molecule has 2 nitrogen and oxygen atoms in total. The molecule has 1 aromatic rings. The van der Waals surface area contributed by atoms with Crippen LogP contribution in [0.2, 0.25) is 0 Å². The first kappa shape index (κ1) is 15.0. The number of halogens is 1. The Bertz CT molecular complexity index is 369. The first-order valence-corrected chi connectivity index (χ1v) is 8.22. The summed E-state index contributed by atoms with van der Waals surface area (Å²) in [6.07, 6.45) is 3.83. The highest BCUT2D eigenvalue weighted by Gasteiger charge is 2.20. The molecule has 1 N–H and O–H groups in total. The molecule has 1 aliphatic heterocycles. The minimum atomic E-state index is 0.441. The molecule has 1 atom stereocenters. The van der Waals surface area contributed by atoms with Gasteiger partial charge in [0.25, 0.3) is 0 Å². The molecule has 1 saturated heterocycles. The van der Waals surface area contributed by atoms with Gasteiger partial charge in [0.15, 0.2) is 0 Å². The van der Waals surface area contributed by atoms with Crippen LogP contribution in [-0.4, -0.2) is 30.6 Å². The highest BCUT2D eigenvalue weighted by molar-refractivity contribution is 9.10. The first-order valence-electron chi connectivity index (χ1n) is 7.43. The minimum absolute atomic E-state index is 0.441. The van der Waals surface area contributed by atoms with E-state index in [2.05, 4.69) is 64.3 Å². The smallest absolute Gasteiger partial charge is 0.0294 e. The SMILES string of the molecule is CCCN1CCC(NC(C)c2ccc(Br)cc2)CC1. The van der Waals surface area contributed by atoms with Crippen LogP contribution < -0.4 is 5.32 Å².